The van der Waals surface area contributed by atoms with Gasteiger partial charge in [0.1, 0.15) is 0 Å². The largest absolute Gasteiger partial charge is 0.373 e. The Morgan fingerprint density at radius 3 is 1.76 bits per heavy atom. The van der Waals surface area contributed by atoms with Crippen molar-refractivity contribution >= 4 is 31.9 Å². The Morgan fingerprint density at radius 2 is 1.33 bits per heavy atom. The maximum absolute atomic E-state index is 5.68. The summed E-state index contributed by atoms with van der Waals surface area (Å²) in [5, 5.41) is 0. The van der Waals surface area contributed by atoms with Crippen LogP contribution < -0.4 is 0 Å². The lowest BCUT2D eigenvalue weighted by atomic mass is 10.1. The van der Waals surface area contributed by atoms with E-state index in [4.69, 9.17) is 14.2 Å². The monoisotopic (exact) mass is 422 g/mol. The fourth-order valence-electron chi connectivity index (χ4n) is 2.47. The Hall–Kier alpha value is 0.320. The van der Waals surface area contributed by atoms with Crippen LogP contribution >= 0.6 is 31.9 Å². The van der Waals surface area contributed by atoms with Gasteiger partial charge in [-0.15, -0.1) is 0 Å². The quantitative estimate of drug-likeness (QED) is 0.367. The van der Waals surface area contributed by atoms with Gasteiger partial charge in [0, 0.05) is 22.9 Å². The summed E-state index contributed by atoms with van der Waals surface area (Å²) in [7, 11) is 0. The molecule has 4 atom stereocenters. The molecule has 0 aromatic carbocycles. The molecule has 2 aliphatic heterocycles. The average molecular weight is 424 g/mol. The minimum atomic E-state index is 0.183. The minimum absolute atomic E-state index is 0.183. The van der Waals surface area contributed by atoms with Crippen LogP contribution in [0.2, 0.25) is 0 Å². The van der Waals surface area contributed by atoms with E-state index >= 15 is 0 Å². The third-order valence-corrected chi connectivity index (χ3v) is 5.62. The molecule has 120 valence electrons. The molecule has 0 aromatic heterocycles. The molecule has 0 saturated carbocycles. The predicted octanol–water partition coefficient (Wildman–Crippen LogP) is 4.00. The molecule has 0 spiro atoms. The molecule has 2 aliphatic rings. The Kier molecular flexibility index (Phi) is 8.55. The molecule has 3 nitrogen and oxygen atoms in total. The molecule has 0 amide bonds. The normalized spacial score (nSPS) is 34.8. The molecule has 4 unspecified atom stereocenters. The molecular weight excluding hydrogens is 400 g/mol. The molecule has 0 bridgehead atoms. The van der Waals surface area contributed by atoms with Crippen LogP contribution in [-0.4, -0.2) is 48.3 Å². The van der Waals surface area contributed by atoms with Crippen molar-refractivity contribution in [3.8, 4) is 0 Å². The maximum atomic E-state index is 5.68. The van der Waals surface area contributed by atoms with Gasteiger partial charge in [0.05, 0.1) is 25.4 Å². The summed E-state index contributed by atoms with van der Waals surface area (Å²) < 4.78 is 16.9. The van der Waals surface area contributed by atoms with Gasteiger partial charge in [0.2, 0.25) is 0 Å². The molecule has 5 heteroatoms. The van der Waals surface area contributed by atoms with Gasteiger partial charge in [-0.2, -0.15) is 0 Å². The molecule has 0 N–H and O–H groups in total. The van der Waals surface area contributed by atoms with Crippen molar-refractivity contribution in [1.29, 1.82) is 0 Å². The summed E-state index contributed by atoms with van der Waals surface area (Å²) >= 11 is 7.30. The van der Waals surface area contributed by atoms with Crippen molar-refractivity contribution in [3.05, 3.63) is 24.3 Å². The number of halogens is 2. The van der Waals surface area contributed by atoms with E-state index in [0.29, 0.717) is 22.9 Å². The van der Waals surface area contributed by atoms with Gasteiger partial charge in [-0.05, 0) is 25.7 Å². The predicted molar refractivity (Wildman–Crippen MR) is 92.5 cm³/mol. The molecule has 2 rings (SSSR count). The van der Waals surface area contributed by atoms with Crippen LogP contribution in [0, 0.1) is 0 Å². The van der Waals surface area contributed by atoms with Crippen molar-refractivity contribution in [2.45, 2.75) is 47.5 Å². The summed E-state index contributed by atoms with van der Waals surface area (Å²) in [5.41, 5.74) is 0. The van der Waals surface area contributed by atoms with Gasteiger partial charge in [-0.1, -0.05) is 56.2 Å². The van der Waals surface area contributed by atoms with Crippen LogP contribution in [0.25, 0.3) is 0 Å². The standard InChI is InChI=1S/C16H24Br2O3/c17-13-5-1-11-20-15(13)7-3-9-19-10-4-8-16-14(18)6-2-12-21-16/h3-4,7-8,13-16H,1-2,5-6,9-12H2. The fraction of sp³-hybridized carbons (Fsp3) is 0.750. The highest BCUT2D eigenvalue weighted by Gasteiger charge is 2.21. The third-order valence-electron chi connectivity index (χ3n) is 3.66. The van der Waals surface area contributed by atoms with E-state index in [1.807, 2.05) is 12.2 Å². The topological polar surface area (TPSA) is 27.7 Å². The summed E-state index contributed by atoms with van der Waals surface area (Å²) in [6.45, 7) is 2.95. The van der Waals surface area contributed by atoms with Crippen molar-refractivity contribution in [2.24, 2.45) is 0 Å². The lowest BCUT2D eigenvalue weighted by Crippen LogP contribution is -2.28. The fourth-order valence-corrected chi connectivity index (χ4v) is 3.77. The van der Waals surface area contributed by atoms with Crippen LogP contribution in [-0.2, 0) is 14.2 Å². The lowest BCUT2D eigenvalue weighted by Gasteiger charge is -2.25. The summed E-state index contributed by atoms with van der Waals surface area (Å²) in [6.07, 6.45) is 13.3. The second kappa shape index (κ2) is 10.2. The zero-order valence-corrected chi connectivity index (χ0v) is 15.4. The van der Waals surface area contributed by atoms with Crippen molar-refractivity contribution in [2.75, 3.05) is 26.4 Å². The van der Waals surface area contributed by atoms with E-state index in [1.54, 1.807) is 0 Å². The molecule has 0 aliphatic carbocycles. The van der Waals surface area contributed by atoms with Gasteiger partial charge in [0.15, 0.2) is 0 Å². The van der Waals surface area contributed by atoms with Crippen LogP contribution in [0.4, 0.5) is 0 Å². The lowest BCUT2D eigenvalue weighted by molar-refractivity contribution is 0.0521. The SMILES string of the molecule is BrC1CCCOC1C=CCOCC=CC1OCCCC1Br. The van der Waals surface area contributed by atoms with E-state index < -0.39 is 0 Å². The first-order chi connectivity index (χ1) is 10.3. The third kappa shape index (κ3) is 6.53. The van der Waals surface area contributed by atoms with Gasteiger partial charge in [-0.25, -0.2) is 0 Å². The highest BCUT2D eigenvalue weighted by atomic mass is 79.9. The first-order valence-corrected chi connectivity index (χ1v) is 9.53. The Balaban J connectivity index is 1.57. The minimum Gasteiger partial charge on any atom is -0.373 e. The van der Waals surface area contributed by atoms with Crippen molar-refractivity contribution < 1.29 is 14.2 Å². The molecule has 21 heavy (non-hydrogen) atoms. The molecule has 0 aromatic rings. The average Bonchev–Trinajstić information content (AvgIpc) is 2.50. The van der Waals surface area contributed by atoms with E-state index in [1.165, 1.54) is 12.8 Å². The maximum Gasteiger partial charge on any atom is 0.0881 e. The van der Waals surface area contributed by atoms with Gasteiger partial charge >= 0.3 is 0 Å². The molecule has 2 fully saturated rings. The highest BCUT2D eigenvalue weighted by molar-refractivity contribution is 9.09. The Bertz CT molecular complexity index is 314. The van der Waals surface area contributed by atoms with E-state index in [2.05, 4.69) is 44.0 Å². The smallest absolute Gasteiger partial charge is 0.0881 e. The molecule has 2 heterocycles. The highest BCUT2D eigenvalue weighted by Crippen LogP contribution is 2.22. The number of ether oxygens (including phenoxy) is 3. The summed E-state index contributed by atoms with van der Waals surface area (Å²) in [6, 6.07) is 0. The van der Waals surface area contributed by atoms with Crippen molar-refractivity contribution in [3.63, 3.8) is 0 Å². The van der Waals surface area contributed by atoms with E-state index in [0.717, 1.165) is 26.1 Å². The van der Waals surface area contributed by atoms with Crippen LogP contribution in [0.15, 0.2) is 24.3 Å². The first-order valence-electron chi connectivity index (χ1n) is 7.70. The molecule has 0 radical (unpaired) electrons. The van der Waals surface area contributed by atoms with Crippen molar-refractivity contribution in [1.82, 2.24) is 0 Å². The molecule has 2 saturated heterocycles. The number of hydrogen-bond acceptors (Lipinski definition) is 3. The summed E-state index contributed by atoms with van der Waals surface area (Å²) in [5.74, 6) is 0. The van der Waals surface area contributed by atoms with E-state index in [9.17, 15) is 0 Å². The second-order valence-electron chi connectivity index (χ2n) is 5.38. The van der Waals surface area contributed by atoms with Crippen LogP contribution in [0.5, 0.6) is 0 Å². The Morgan fingerprint density at radius 1 is 0.857 bits per heavy atom. The molecular formula is C16H24Br2O3. The van der Waals surface area contributed by atoms with E-state index in [-0.39, 0.29) is 12.2 Å². The zero-order valence-electron chi connectivity index (χ0n) is 12.3. The summed E-state index contributed by atoms with van der Waals surface area (Å²) in [4.78, 5) is 0.864. The number of alkyl halides is 2. The first kappa shape index (κ1) is 17.7. The van der Waals surface area contributed by atoms with Gasteiger partial charge in [0.25, 0.3) is 0 Å². The number of rotatable bonds is 6. The zero-order chi connectivity index (χ0) is 14.9. The van der Waals surface area contributed by atoms with Gasteiger partial charge in [-0.3, -0.25) is 0 Å². The second-order valence-corrected chi connectivity index (χ2v) is 7.73. The van der Waals surface area contributed by atoms with Crippen LogP contribution in [0.1, 0.15) is 25.7 Å². The number of hydrogen-bond donors (Lipinski definition) is 0. The Labute approximate surface area is 144 Å². The van der Waals surface area contributed by atoms with Crippen LogP contribution in [0.3, 0.4) is 0 Å². The van der Waals surface area contributed by atoms with Gasteiger partial charge < -0.3 is 14.2 Å².